The molecule has 2 aromatic rings. The maximum Gasteiger partial charge on any atom is 0.418 e. The van der Waals surface area contributed by atoms with Crippen LogP contribution in [0, 0.1) is 5.82 Å². The smallest absolute Gasteiger partial charge is 0.376 e. The van der Waals surface area contributed by atoms with Gasteiger partial charge in [-0.05, 0) is 42.5 Å². The van der Waals surface area contributed by atoms with Crippen LogP contribution in [0.3, 0.4) is 0 Å². The third-order valence-electron chi connectivity index (χ3n) is 2.86. The van der Waals surface area contributed by atoms with Gasteiger partial charge in [0.25, 0.3) is 0 Å². The van der Waals surface area contributed by atoms with Crippen LogP contribution in [0.2, 0.25) is 5.02 Å². The lowest BCUT2D eigenvalue weighted by molar-refractivity contribution is -0.137. The third kappa shape index (κ3) is 4.85. The van der Waals surface area contributed by atoms with Crippen molar-refractivity contribution in [2.45, 2.75) is 6.18 Å². The van der Waals surface area contributed by atoms with Gasteiger partial charge in [-0.25, -0.2) is 4.39 Å². The van der Waals surface area contributed by atoms with Crippen LogP contribution in [0.15, 0.2) is 42.5 Å². The van der Waals surface area contributed by atoms with Crippen LogP contribution in [0.5, 0.6) is 0 Å². The standard InChI is InChI=1S/C15H11ClF4N2O/c16-9-1-6-13(12(7-9)15(18,19)20)22-14(23)8-21-11-4-2-10(17)3-5-11/h1-7,21H,8H2,(H,22,23). The first kappa shape index (κ1) is 17.1. The average molecular weight is 347 g/mol. The molecule has 0 saturated heterocycles. The molecule has 2 aromatic carbocycles. The van der Waals surface area contributed by atoms with Gasteiger partial charge in [0, 0.05) is 10.7 Å². The molecule has 0 aliphatic rings. The number of halogens is 5. The first-order valence-corrected chi connectivity index (χ1v) is 6.79. The topological polar surface area (TPSA) is 41.1 Å². The number of anilines is 2. The van der Waals surface area contributed by atoms with Gasteiger partial charge in [0.2, 0.25) is 5.91 Å². The van der Waals surface area contributed by atoms with Gasteiger partial charge >= 0.3 is 6.18 Å². The number of amides is 1. The van der Waals surface area contributed by atoms with Crippen molar-refractivity contribution in [3.8, 4) is 0 Å². The molecule has 0 heterocycles. The van der Waals surface area contributed by atoms with E-state index in [4.69, 9.17) is 11.6 Å². The maximum absolute atomic E-state index is 12.9. The molecule has 0 fully saturated rings. The molecule has 0 radical (unpaired) electrons. The molecule has 0 saturated carbocycles. The Labute approximate surface area is 134 Å². The Balaban J connectivity index is 2.04. The molecule has 0 aliphatic heterocycles. The van der Waals surface area contributed by atoms with Gasteiger partial charge in [-0.15, -0.1) is 0 Å². The minimum atomic E-state index is -4.64. The lowest BCUT2D eigenvalue weighted by atomic mass is 10.1. The summed E-state index contributed by atoms with van der Waals surface area (Å²) < 4.78 is 51.5. The zero-order valence-electron chi connectivity index (χ0n) is 11.5. The van der Waals surface area contributed by atoms with Crippen LogP contribution in [0.4, 0.5) is 28.9 Å². The Bertz CT molecular complexity index is 702. The van der Waals surface area contributed by atoms with Crippen molar-refractivity contribution < 1.29 is 22.4 Å². The van der Waals surface area contributed by atoms with Crippen molar-refractivity contribution >= 4 is 28.9 Å². The normalized spacial score (nSPS) is 11.2. The summed E-state index contributed by atoms with van der Waals surface area (Å²) in [5.74, 6) is -1.11. The molecule has 1 amide bonds. The molecule has 0 aromatic heterocycles. The van der Waals surface area contributed by atoms with Crippen molar-refractivity contribution in [1.29, 1.82) is 0 Å². The van der Waals surface area contributed by atoms with Crippen LogP contribution < -0.4 is 10.6 Å². The van der Waals surface area contributed by atoms with Gasteiger partial charge in [0.05, 0.1) is 17.8 Å². The molecule has 3 nitrogen and oxygen atoms in total. The van der Waals surface area contributed by atoms with E-state index in [1.54, 1.807) is 0 Å². The number of carbonyl (C=O) groups is 1. The molecule has 2 N–H and O–H groups in total. The van der Waals surface area contributed by atoms with Gasteiger partial charge in [0.15, 0.2) is 0 Å². The third-order valence-corrected chi connectivity index (χ3v) is 3.09. The van der Waals surface area contributed by atoms with E-state index >= 15 is 0 Å². The fourth-order valence-corrected chi connectivity index (χ4v) is 1.98. The van der Waals surface area contributed by atoms with Crippen molar-refractivity contribution in [3.05, 3.63) is 58.9 Å². The predicted octanol–water partition coefficient (Wildman–Crippen LogP) is 4.55. The van der Waals surface area contributed by atoms with E-state index in [1.165, 1.54) is 30.3 Å². The highest BCUT2D eigenvalue weighted by atomic mass is 35.5. The summed E-state index contributed by atoms with van der Waals surface area (Å²) in [6.45, 7) is -0.272. The lowest BCUT2D eigenvalue weighted by Crippen LogP contribution is -2.23. The minimum Gasteiger partial charge on any atom is -0.376 e. The van der Waals surface area contributed by atoms with Crippen LogP contribution >= 0.6 is 11.6 Å². The molecule has 0 spiro atoms. The van der Waals surface area contributed by atoms with E-state index in [2.05, 4.69) is 10.6 Å². The van der Waals surface area contributed by atoms with Gasteiger partial charge in [-0.3, -0.25) is 4.79 Å². The second kappa shape index (κ2) is 6.87. The molecule has 2 rings (SSSR count). The summed E-state index contributed by atoms with van der Waals surface area (Å²) in [6.07, 6.45) is -4.64. The predicted molar refractivity (Wildman–Crippen MR) is 80.0 cm³/mol. The van der Waals surface area contributed by atoms with Crippen LogP contribution in [0.25, 0.3) is 0 Å². The fraction of sp³-hybridized carbons (Fsp3) is 0.133. The van der Waals surface area contributed by atoms with E-state index in [0.717, 1.165) is 12.1 Å². The summed E-state index contributed by atoms with van der Waals surface area (Å²) in [7, 11) is 0. The van der Waals surface area contributed by atoms with E-state index < -0.39 is 23.5 Å². The summed E-state index contributed by atoms with van der Waals surface area (Å²) in [5.41, 5.74) is -0.943. The lowest BCUT2D eigenvalue weighted by Gasteiger charge is -2.14. The van der Waals surface area contributed by atoms with Crippen molar-refractivity contribution in [1.82, 2.24) is 0 Å². The second-order valence-corrected chi connectivity index (χ2v) is 5.03. The highest BCUT2D eigenvalue weighted by Gasteiger charge is 2.34. The summed E-state index contributed by atoms with van der Waals surface area (Å²) in [5, 5.41) is 4.76. The Morgan fingerprint density at radius 3 is 2.35 bits per heavy atom. The van der Waals surface area contributed by atoms with E-state index in [-0.39, 0.29) is 17.3 Å². The molecule has 0 unspecified atom stereocenters. The van der Waals surface area contributed by atoms with Gasteiger partial charge in [-0.2, -0.15) is 13.2 Å². The second-order valence-electron chi connectivity index (χ2n) is 4.60. The first-order chi connectivity index (χ1) is 10.8. The molecular formula is C15H11ClF4N2O. The summed E-state index contributed by atoms with van der Waals surface area (Å²) in [4.78, 5) is 11.8. The number of carbonyl (C=O) groups excluding carboxylic acids is 1. The zero-order chi connectivity index (χ0) is 17.0. The van der Waals surface area contributed by atoms with Crippen molar-refractivity contribution in [3.63, 3.8) is 0 Å². The Kier molecular flexibility index (Phi) is 5.10. The number of hydrogen-bond donors (Lipinski definition) is 2. The molecule has 0 atom stereocenters. The molecule has 0 aliphatic carbocycles. The fourth-order valence-electron chi connectivity index (χ4n) is 1.80. The number of hydrogen-bond acceptors (Lipinski definition) is 2. The number of rotatable bonds is 4. The number of alkyl halides is 3. The van der Waals surface area contributed by atoms with Gasteiger partial charge < -0.3 is 10.6 Å². The minimum absolute atomic E-state index is 0.0836. The summed E-state index contributed by atoms with van der Waals surface area (Å²) >= 11 is 5.56. The quantitative estimate of drug-likeness (QED) is 0.797. The van der Waals surface area contributed by atoms with E-state index in [1.807, 2.05) is 0 Å². The van der Waals surface area contributed by atoms with Crippen LogP contribution in [0.1, 0.15) is 5.56 Å². The molecule has 23 heavy (non-hydrogen) atoms. The van der Waals surface area contributed by atoms with Crippen LogP contribution in [-0.2, 0) is 11.0 Å². The van der Waals surface area contributed by atoms with E-state index in [9.17, 15) is 22.4 Å². The molecule has 122 valence electrons. The van der Waals surface area contributed by atoms with Crippen molar-refractivity contribution in [2.24, 2.45) is 0 Å². The highest BCUT2D eigenvalue weighted by Crippen LogP contribution is 2.36. The SMILES string of the molecule is O=C(CNc1ccc(F)cc1)Nc1ccc(Cl)cc1C(F)(F)F. The molecule has 8 heteroatoms. The van der Waals surface area contributed by atoms with E-state index in [0.29, 0.717) is 5.69 Å². The van der Waals surface area contributed by atoms with Gasteiger partial charge in [-0.1, -0.05) is 11.6 Å². The molecular weight excluding hydrogens is 336 g/mol. The average Bonchev–Trinajstić information content (AvgIpc) is 2.47. The van der Waals surface area contributed by atoms with Crippen LogP contribution in [-0.4, -0.2) is 12.5 Å². The number of nitrogens with one attached hydrogen (secondary N) is 2. The van der Waals surface area contributed by atoms with Gasteiger partial charge in [0.1, 0.15) is 5.82 Å². The highest BCUT2D eigenvalue weighted by molar-refractivity contribution is 6.30. The van der Waals surface area contributed by atoms with Crippen molar-refractivity contribution in [2.75, 3.05) is 17.2 Å². The summed E-state index contributed by atoms with van der Waals surface area (Å²) in [6, 6.07) is 8.28. The Morgan fingerprint density at radius 1 is 1.09 bits per heavy atom. The maximum atomic E-state index is 12.9. The zero-order valence-corrected chi connectivity index (χ0v) is 12.3. The largest absolute Gasteiger partial charge is 0.418 e. The monoisotopic (exact) mass is 346 g/mol. The number of benzene rings is 2. The Hall–Kier alpha value is -2.28. The first-order valence-electron chi connectivity index (χ1n) is 6.42. The Morgan fingerprint density at radius 2 is 1.74 bits per heavy atom. The molecule has 0 bridgehead atoms.